The topological polar surface area (TPSA) is 48.4 Å². The van der Waals surface area contributed by atoms with E-state index in [0.29, 0.717) is 6.67 Å². The highest BCUT2D eigenvalue weighted by atomic mass is 32.2. The molecule has 0 aromatic carbocycles. The van der Waals surface area contributed by atoms with Crippen molar-refractivity contribution >= 4 is 17.0 Å². The van der Waals surface area contributed by atoms with Gasteiger partial charge in [-0.15, -0.1) is 0 Å². The molecule has 0 radical (unpaired) electrons. The van der Waals surface area contributed by atoms with Crippen LogP contribution in [0.3, 0.4) is 0 Å². The zero-order valence-corrected chi connectivity index (χ0v) is 13.6. The van der Waals surface area contributed by atoms with Crippen LogP contribution < -0.4 is 0 Å². The van der Waals surface area contributed by atoms with Crippen molar-refractivity contribution in [2.45, 2.75) is 13.8 Å². The molecule has 0 aliphatic carbocycles. The molecule has 0 fully saturated rings. The van der Waals surface area contributed by atoms with Gasteiger partial charge in [0.15, 0.2) is 0 Å². The smallest absolute Gasteiger partial charge is 0.138 e. The molecule has 3 rings (SSSR count). The first kappa shape index (κ1) is 14.3. The van der Waals surface area contributed by atoms with E-state index in [1.165, 1.54) is 0 Å². The van der Waals surface area contributed by atoms with Crippen molar-refractivity contribution in [2.24, 2.45) is 4.99 Å². The van der Waals surface area contributed by atoms with Crippen molar-refractivity contribution < 1.29 is 9.05 Å². The normalized spacial score (nSPS) is 22.7. The van der Waals surface area contributed by atoms with Gasteiger partial charge in [0, 0.05) is 19.3 Å². The molecule has 6 nitrogen and oxygen atoms in total. The molecule has 0 saturated carbocycles. The number of aliphatic imine (C=N–C) groups is 1. The lowest BCUT2D eigenvalue weighted by atomic mass is 10.1. The number of hydrogen-bond acceptors (Lipinski definition) is 6. The van der Waals surface area contributed by atoms with Crippen molar-refractivity contribution in [1.29, 1.82) is 0 Å². The number of rotatable bonds is 3. The van der Waals surface area contributed by atoms with Crippen LogP contribution in [0.2, 0.25) is 0 Å². The molecule has 0 N–H and O–H groups in total. The van der Waals surface area contributed by atoms with E-state index in [9.17, 15) is 4.21 Å². The van der Waals surface area contributed by atoms with Crippen molar-refractivity contribution in [3.8, 4) is 0 Å². The van der Waals surface area contributed by atoms with E-state index in [-0.39, 0.29) is 0 Å². The highest BCUT2D eigenvalue weighted by molar-refractivity contribution is 7.88. The predicted octanol–water partition coefficient (Wildman–Crippen LogP) is 1.21. The van der Waals surface area contributed by atoms with Crippen LogP contribution in [0, 0.1) is 0 Å². The molecule has 21 heavy (non-hydrogen) atoms. The van der Waals surface area contributed by atoms with Crippen molar-refractivity contribution in [1.82, 2.24) is 14.9 Å². The SMILES string of the molecule is CCN1CC(C)=C(S(C)=O)C2=C1N1CN(OC)C=C1C=N2. The number of hydroxylamine groups is 2. The third-order valence-electron chi connectivity index (χ3n) is 3.90. The van der Waals surface area contributed by atoms with Gasteiger partial charge in [0.2, 0.25) is 0 Å². The first-order valence-electron chi connectivity index (χ1n) is 6.93. The molecule has 114 valence electrons. The van der Waals surface area contributed by atoms with Crippen molar-refractivity contribution in [2.75, 3.05) is 33.1 Å². The minimum Gasteiger partial charge on any atom is -0.352 e. The van der Waals surface area contributed by atoms with E-state index < -0.39 is 10.8 Å². The molecule has 3 heterocycles. The van der Waals surface area contributed by atoms with Gasteiger partial charge in [-0.1, -0.05) is 0 Å². The zero-order valence-electron chi connectivity index (χ0n) is 12.8. The summed E-state index contributed by atoms with van der Waals surface area (Å²) in [7, 11) is 0.604. The lowest BCUT2D eigenvalue weighted by Gasteiger charge is -2.40. The van der Waals surface area contributed by atoms with Gasteiger partial charge < -0.3 is 9.80 Å². The molecule has 3 aliphatic rings. The van der Waals surface area contributed by atoms with Crippen LogP contribution >= 0.6 is 0 Å². The molecule has 0 bridgehead atoms. The summed E-state index contributed by atoms with van der Waals surface area (Å²) < 4.78 is 12.1. The predicted molar refractivity (Wildman–Crippen MR) is 83.2 cm³/mol. The van der Waals surface area contributed by atoms with Gasteiger partial charge in [-0.05, 0) is 19.4 Å². The fourth-order valence-electron chi connectivity index (χ4n) is 2.96. The lowest BCUT2D eigenvalue weighted by molar-refractivity contribution is -0.0970. The average Bonchev–Trinajstić information content (AvgIpc) is 2.88. The number of nitrogens with zero attached hydrogens (tertiary/aromatic N) is 4. The monoisotopic (exact) mass is 308 g/mol. The average molecular weight is 308 g/mol. The fraction of sp³-hybridized carbons (Fsp3) is 0.500. The van der Waals surface area contributed by atoms with Crippen LogP contribution in [-0.4, -0.2) is 58.4 Å². The van der Waals surface area contributed by atoms with E-state index >= 15 is 0 Å². The van der Waals surface area contributed by atoms with Gasteiger partial charge in [0.05, 0.1) is 40.9 Å². The molecule has 0 aromatic rings. The fourth-order valence-corrected chi connectivity index (χ4v) is 3.93. The van der Waals surface area contributed by atoms with Crippen molar-refractivity contribution in [3.63, 3.8) is 0 Å². The quantitative estimate of drug-likeness (QED) is 0.784. The molecular formula is C14H20N4O2S. The highest BCUT2D eigenvalue weighted by Gasteiger charge is 2.36. The summed E-state index contributed by atoms with van der Waals surface area (Å²) >= 11 is 0. The third kappa shape index (κ3) is 2.20. The minimum absolute atomic E-state index is 0.621. The van der Waals surface area contributed by atoms with Crippen molar-refractivity contribution in [3.05, 3.63) is 33.9 Å². The number of allylic oxidation sites excluding steroid dienone is 1. The number of likely N-dealkylation sites (N-methyl/N-ethyl adjacent to an activating group) is 1. The van der Waals surface area contributed by atoms with Gasteiger partial charge in [0.25, 0.3) is 0 Å². The van der Waals surface area contributed by atoms with Crippen LogP contribution in [-0.2, 0) is 15.6 Å². The Hall–Kier alpha value is -1.60. The molecule has 1 atom stereocenters. The molecule has 0 saturated heterocycles. The van der Waals surface area contributed by atoms with Crippen LogP contribution in [0.25, 0.3) is 0 Å². The Labute approximate surface area is 127 Å². The van der Waals surface area contributed by atoms with E-state index in [1.54, 1.807) is 18.4 Å². The summed E-state index contributed by atoms with van der Waals surface area (Å²) in [5.41, 5.74) is 2.95. The second kappa shape index (κ2) is 5.31. The first-order valence-corrected chi connectivity index (χ1v) is 8.49. The summed E-state index contributed by atoms with van der Waals surface area (Å²) in [6, 6.07) is 0. The van der Waals surface area contributed by atoms with E-state index in [4.69, 9.17) is 4.84 Å². The Morgan fingerprint density at radius 2 is 2.24 bits per heavy atom. The standard InChI is InChI=1S/C14H20N4O2S/c1-5-16-7-10(2)13(21(4)19)12-14(16)18-9-17(20-3)8-11(18)6-15-12/h6,8H,5,7,9H2,1-4H3. The molecule has 7 heteroatoms. The largest absolute Gasteiger partial charge is 0.352 e. The number of fused-ring (bicyclic) bond motifs is 2. The molecular weight excluding hydrogens is 288 g/mol. The van der Waals surface area contributed by atoms with Gasteiger partial charge in [0.1, 0.15) is 18.2 Å². The maximum absolute atomic E-state index is 12.1. The van der Waals surface area contributed by atoms with Gasteiger partial charge in [-0.2, -0.15) is 0 Å². The zero-order chi connectivity index (χ0) is 15.1. The van der Waals surface area contributed by atoms with Crippen LogP contribution in [0.4, 0.5) is 0 Å². The van der Waals surface area contributed by atoms with E-state index in [2.05, 4.69) is 21.7 Å². The Morgan fingerprint density at radius 3 is 2.86 bits per heavy atom. The molecule has 0 amide bonds. The van der Waals surface area contributed by atoms with Gasteiger partial charge in [-0.3, -0.25) is 9.05 Å². The Balaban J connectivity index is 2.10. The Morgan fingerprint density at radius 1 is 1.48 bits per heavy atom. The summed E-state index contributed by atoms with van der Waals surface area (Å²) in [6.07, 6.45) is 5.46. The maximum atomic E-state index is 12.1. The second-order valence-corrected chi connectivity index (χ2v) is 6.55. The summed E-state index contributed by atoms with van der Waals surface area (Å²) in [6.45, 7) is 6.45. The third-order valence-corrected chi connectivity index (χ3v) is 5.01. The summed E-state index contributed by atoms with van der Waals surface area (Å²) in [4.78, 5) is 15.2. The summed E-state index contributed by atoms with van der Waals surface area (Å²) in [5.74, 6) is 1.03. The van der Waals surface area contributed by atoms with E-state index in [1.807, 2.05) is 19.3 Å². The van der Waals surface area contributed by atoms with Crippen LogP contribution in [0.5, 0.6) is 0 Å². The first-order chi connectivity index (χ1) is 10.1. The second-order valence-electron chi connectivity index (χ2n) is 5.23. The van der Waals surface area contributed by atoms with Gasteiger partial charge in [-0.25, -0.2) is 10.1 Å². The molecule has 3 aliphatic heterocycles. The number of hydrogen-bond donors (Lipinski definition) is 0. The van der Waals surface area contributed by atoms with Crippen LogP contribution in [0.1, 0.15) is 13.8 Å². The molecule has 0 spiro atoms. The molecule has 1 unspecified atom stereocenters. The molecule has 0 aromatic heterocycles. The Bertz CT molecular complexity index is 620. The summed E-state index contributed by atoms with van der Waals surface area (Å²) in [5, 5.41) is 1.76. The highest BCUT2D eigenvalue weighted by Crippen LogP contribution is 2.37. The lowest BCUT2D eigenvalue weighted by Crippen LogP contribution is -2.42. The van der Waals surface area contributed by atoms with Crippen LogP contribution in [0.15, 0.2) is 38.9 Å². The van der Waals surface area contributed by atoms with E-state index in [0.717, 1.165) is 40.8 Å². The minimum atomic E-state index is -1.05. The maximum Gasteiger partial charge on any atom is 0.138 e. The Kier molecular flexibility index (Phi) is 3.62. The van der Waals surface area contributed by atoms with Gasteiger partial charge >= 0.3 is 0 Å².